The number of aliphatic hydroxyl groups is 2. The van der Waals surface area contributed by atoms with E-state index in [0.717, 1.165) is 26.2 Å². The van der Waals surface area contributed by atoms with Crippen LogP contribution in [0.4, 0.5) is 0 Å². The zero-order valence-electron chi connectivity index (χ0n) is 22.7. The van der Waals surface area contributed by atoms with E-state index >= 15 is 0 Å². The number of hydrogen-bond acceptors (Lipinski definition) is 4. The fourth-order valence-electron chi connectivity index (χ4n) is 6.69. The number of para-hydroxylation sites is 4. The van der Waals surface area contributed by atoms with E-state index in [4.69, 9.17) is 0 Å². The fraction of sp³-hybridized carbons (Fsp3) is 0.294. The number of benzene rings is 4. The van der Waals surface area contributed by atoms with Crippen molar-refractivity contribution in [3.8, 4) is 0 Å². The lowest BCUT2D eigenvalue weighted by Crippen LogP contribution is -2.50. The van der Waals surface area contributed by atoms with Crippen molar-refractivity contribution in [3.63, 3.8) is 0 Å². The van der Waals surface area contributed by atoms with Crippen LogP contribution in [0.3, 0.4) is 0 Å². The van der Waals surface area contributed by atoms with E-state index in [1.54, 1.807) is 0 Å². The summed E-state index contributed by atoms with van der Waals surface area (Å²) in [5, 5.41) is 27.1. The molecular formula is C34H36N4O2. The lowest BCUT2D eigenvalue weighted by Gasteiger charge is -2.36. The Morgan fingerprint density at radius 1 is 0.425 bits per heavy atom. The summed E-state index contributed by atoms with van der Waals surface area (Å²) >= 11 is 0. The second-order valence-electron chi connectivity index (χ2n) is 11.2. The van der Waals surface area contributed by atoms with Crippen LogP contribution in [0, 0.1) is 0 Å². The van der Waals surface area contributed by atoms with Crippen molar-refractivity contribution in [1.29, 1.82) is 0 Å². The molecular weight excluding hydrogens is 496 g/mol. The minimum absolute atomic E-state index is 0.452. The molecule has 1 fully saturated rings. The molecule has 2 atom stereocenters. The van der Waals surface area contributed by atoms with Crippen LogP contribution in [-0.2, 0) is 13.1 Å². The molecule has 40 heavy (non-hydrogen) atoms. The first-order valence-corrected chi connectivity index (χ1v) is 14.4. The third kappa shape index (κ3) is 4.67. The highest BCUT2D eigenvalue weighted by Gasteiger charge is 2.23. The molecule has 6 heteroatoms. The van der Waals surface area contributed by atoms with Gasteiger partial charge in [0.05, 0.1) is 25.3 Å². The topological polar surface area (TPSA) is 56.8 Å². The van der Waals surface area contributed by atoms with Crippen LogP contribution in [-0.4, -0.2) is 80.6 Å². The predicted molar refractivity (Wildman–Crippen MR) is 164 cm³/mol. The molecule has 204 valence electrons. The molecule has 0 spiro atoms. The maximum Gasteiger partial charge on any atom is 0.0845 e. The average molecular weight is 533 g/mol. The number of fused-ring (bicyclic) bond motifs is 6. The fourth-order valence-corrected chi connectivity index (χ4v) is 6.69. The van der Waals surface area contributed by atoms with E-state index in [-0.39, 0.29) is 0 Å². The summed E-state index contributed by atoms with van der Waals surface area (Å²) in [6.07, 6.45) is -0.904. The molecule has 1 aliphatic heterocycles. The highest BCUT2D eigenvalue weighted by Crippen LogP contribution is 2.30. The normalized spacial score (nSPS) is 16.9. The molecule has 4 aromatic carbocycles. The van der Waals surface area contributed by atoms with Crippen LogP contribution in [0.5, 0.6) is 0 Å². The molecule has 6 aromatic rings. The molecule has 2 aromatic heterocycles. The first-order chi connectivity index (χ1) is 19.7. The van der Waals surface area contributed by atoms with Crippen molar-refractivity contribution in [2.24, 2.45) is 0 Å². The number of aromatic nitrogens is 2. The highest BCUT2D eigenvalue weighted by atomic mass is 16.3. The number of piperazine rings is 1. The van der Waals surface area contributed by atoms with Crippen LogP contribution < -0.4 is 0 Å². The molecule has 0 radical (unpaired) electrons. The Balaban J connectivity index is 0.965. The van der Waals surface area contributed by atoms with Gasteiger partial charge in [0.25, 0.3) is 0 Å². The molecule has 1 saturated heterocycles. The van der Waals surface area contributed by atoms with E-state index in [1.807, 2.05) is 0 Å². The first-order valence-electron chi connectivity index (χ1n) is 14.4. The van der Waals surface area contributed by atoms with Crippen molar-refractivity contribution in [2.45, 2.75) is 25.3 Å². The standard InChI is InChI=1S/C34H36N4O2/c39-25(23-37-31-13-5-1-9-27(31)28-10-2-6-14-32(28)37)21-35-17-19-36(20-18-35)22-26(40)24-38-33-15-7-3-11-29(33)30-12-4-8-16-34(30)38/h1-16,25-26,39-40H,17-24H2. The largest absolute Gasteiger partial charge is 0.390 e. The summed E-state index contributed by atoms with van der Waals surface area (Å²) in [6, 6.07) is 33.8. The highest BCUT2D eigenvalue weighted by molar-refractivity contribution is 6.08. The quantitative estimate of drug-likeness (QED) is 0.292. The second kappa shape index (κ2) is 10.7. The van der Waals surface area contributed by atoms with Crippen molar-refractivity contribution >= 4 is 43.6 Å². The van der Waals surface area contributed by atoms with Gasteiger partial charge >= 0.3 is 0 Å². The Labute approximate surface area is 234 Å². The molecule has 6 nitrogen and oxygen atoms in total. The van der Waals surface area contributed by atoms with Gasteiger partial charge in [-0.2, -0.15) is 0 Å². The van der Waals surface area contributed by atoms with Gasteiger partial charge in [0, 0.05) is 82.9 Å². The van der Waals surface area contributed by atoms with E-state index in [0.29, 0.717) is 26.2 Å². The van der Waals surface area contributed by atoms with Crippen molar-refractivity contribution < 1.29 is 10.2 Å². The molecule has 7 rings (SSSR count). The third-order valence-electron chi connectivity index (χ3n) is 8.55. The van der Waals surface area contributed by atoms with Crippen molar-refractivity contribution in [2.75, 3.05) is 39.3 Å². The Hall–Kier alpha value is -3.68. The molecule has 1 aliphatic rings. The first kappa shape index (κ1) is 25.3. The number of rotatable bonds is 8. The predicted octanol–water partition coefficient (Wildman–Crippen LogP) is 4.94. The maximum absolute atomic E-state index is 11.1. The summed E-state index contributed by atoms with van der Waals surface area (Å²) in [6.45, 7) is 6.03. The Morgan fingerprint density at radius 2 is 0.700 bits per heavy atom. The number of aliphatic hydroxyl groups excluding tert-OH is 2. The molecule has 0 aliphatic carbocycles. The Morgan fingerprint density at radius 3 is 1.00 bits per heavy atom. The molecule has 0 amide bonds. The lowest BCUT2D eigenvalue weighted by atomic mass is 10.2. The third-order valence-corrected chi connectivity index (χ3v) is 8.55. The number of hydrogen-bond donors (Lipinski definition) is 2. The summed E-state index contributed by atoms with van der Waals surface area (Å²) in [5.74, 6) is 0. The summed E-state index contributed by atoms with van der Waals surface area (Å²) in [4.78, 5) is 4.71. The van der Waals surface area contributed by atoms with E-state index in [2.05, 4.69) is 116 Å². The van der Waals surface area contributed by atoms with Gasteiger partial charge in [-0.05, 0) is 24.3 Å². The van der Waals surface area contributed by atoms with Gasteiger partial charge in [-0.25, -0.2) is 0 Å². The van der Waals surface area contributed by atoms with Gasteiger partial charge in [-0.1, -0.05) is 72.8 Å². The van der Waals surface area contributed by atoms with Crippen LogP contribution in [0.1, 0.15) is 0 Å². The number of β-amino-alcohol motifs (C(OH)–C–C–N with tert-alkyl or cyclic N) is 2. The van der Waals surface area contributed by atoms with Gasteiger partial charge in [0.1, 0.15) is 0 Å². The average Bonchev–Trinajstić information content (AvgIpc) is 3.47. The molecule has 2 unspecified atom stereocenters. The number of nitrogens with zero attached hydrogens (tertiary/aromatic N) is 4. The van der Waals surface area contributed by atoms with Crippen LogP contribution in [0.25, 0.3) is 43.6 Å². The second-order valence-corrected chi connectivity index (χ2v) is 11.2. The van der Waals surface area contributed by atoms with E-state index in [9.17, 15) is 10.2 Å². The van der Waals surface area contributed by atoms with Crippen molar-refractivity contribution in [1.82, 2.24) is 18.9 Å². The van der Waals surface area contributed by atoms with E-state index < -0.39 is 12.2 Å². The smallest absolute Gasteiger partial charge is 0.0845 e. The van der Waals surface area contributed by atoms with Gasteiger partial charge in [-0.3, -0.25) is 9.80 Å². The molecule has 0 saturated carbocycles. The minimum atomic E-state index is -0.452. The van der Waals surface area contributed by atoms with Gasteiger partial charge < -0.3 is 19.3 Å². The monoisotopic (exact) mass is 532 g/mol. The molecule has 0 bridgehead atoms. The molecule has 3 heterocycles. The summed E-state index contributed by atoms with van der Waals surface area (Å²) in [5.41, 5.74) is 4.68. The SMILES string of the molecule is OC(CN1CCN(CC(O)Cn2c3ccccc3c3ccccc32)CC1)Cn1c2ccccc2c2ccccc21. The Kier molecular flexibility index (Phi) is 6.77. The van der Waals surface area contributed by atoms with Crippen molar-refractivity contribution in [3.05, 3.63) is 97.1 Å². The van der Waals surface area contributed by atoms with Crippen LogP contribution in [0.2, 0.25) is 0 Å². The van der Waals surface area contributed by atoms with Crippen LogP contribution in [0.15, 0.2) is 97.1 Å². The summed E-state index contributed by atoms with van der Waals surface area (Å²) < 4.78 is 4.52. The van der Waals surface area contributed by atoms with Gasteiger partial charge in [0.2, 0.25) is 0 Å². The maximum atomic E-state index is 11.1. The lowest BCUT2D eigenvalue weighted by molar-refractivity contribution is 0.0415. The molecule has 2 N–H and O–H groups in total. The van der Waals surface area contributed by atoms with Gasteiger partial charge in [-0.15, -0.1) is 0 Å². The zero-order valence-corrected chi connectivity index (χ0v) is 22.7. The minimum Gasteiger partial charge on any atom is -0.390 e. The summed E-state index contributed by atoms with van der Waals surface area (Å²) in [7, 11) is 0. The van der Waals surface area contributed by atoms with Crippen LogP contribution >= 0.6 is 0 Å². The zero-order chi connectivity index (χ0) is 27.1. The van der Waals surface area contributed by atoms with Gasteiger partial charge in [0.15, 0.2) is 0 Å². The Bertz CT molecular complexity index is 1540. The van der Waals surface area contributed by atoms with E-state index in [1.165, 1.54) is 43.6 Å².